The first-order valence-electron chi connectivity index (χ1n) is 18.4. The van der Waals surface area contributed by atoms with Gasteiger partial charge in [-0.3, -0.25) is 10.7 Å². The number of benzene rings is 9. The fourth-order valence-corrected chi connectivity index (χ4v) is 8.41. The molecule has 0 bridgehead atoms. The summed E-state index contributed by atoms with van der Waals surface area (Å²) in [5.74, 6) is 0.375. The van der Waals surface area contributed by atoms with Crippen molar-refractivity contribution in [2.75, 3.05) is 0 Å². The minimum Gasteiger partial charge on any atom is -0.351 e. The van der Waals surface area contributed by atoms with Crippen LogP contribution in [0.15, 0.2) is 176 Å². The van der Waals surface area contributed by atoms with E-state index in [-0.39, 0.29) is 6.17 Å². The molecule has 0 heterocycles. The lowest BCUT2D eigenvalue weighted by Gasteiger charge is -2.24. The second-order valence-electron chi connectivity index (χ2n) is 14.2. The highest BCUT2D eigenvalue weighted by Gasteiger charge is 2.22. The maximum absolute atomic E-state index is 9.35. The first-order chi connectivity index (χ1) is 26.2. The predicted molar refractivity (Wildman–Crippen MR) is 223 cm³/mol. The minimum atomic E-state index is -0.315. The van der Waals surface area contributed by atoms with Crippen molar-refractivity contribution in [2.24, 2.45) is 0 Å². The molecular formula is C50H37N3. The Kier molecular flexibility index (Phi) is 7.59. The Balaban J connectivity index is 1.02. The number of amidine groups is 1. The minimum absolute atomic E-state index is 0.315. The van der Waals surface area contributed by atoms with Gasteiger partial charge in [0.15, 0.2) is 0 Å². The molecule has 0 radical (unpaired) electrons. The quantitative estimate of drug-likeness (QED) is 0.0679. The number of nitrogens with one attached hydrogen (secondary N) is 3. The molecule has 0 saturated heterocycles. The predicted octanol–water partition coefficient (Wildman–Crippen LogP) is 11.9. The summed E-state index contributed by atoms with van der Waals surface area (Å²) in [5.41, 5.74) is 10.9. The van der Waals surface area contributed by atoms with Crippen LogP contribution in [-0.4, -0.2) is 5.84 Å². The normalized spacial score (nSPS) is 12.6. The number of hydrogen-bond donors (Lipinski definition) is 3. The summed E-state index contributed by atoms with van der Waals surface area (Å²) in [6.45, 7) is 0.653. The topological polar surface area (TPSA) is 47.9 Å². The molecule has 53 heavy (non-hydrogen) atoms. The second kappa shape index (κ2) is 12.9. The number of rotatable bonds is 7. The summed E-state index contributed by atoms with van der Waals surface area (Å²) >= 11 is 0. The van der Waals surface area contributed by atoms with Crippen molar-refractivity contribution >= 4 is 48.9 Å². The third-order valence-electron chi connectivity index (χ3n) is 11.0. The van der Waals surface area contributed by atoms with Crippen LogP contribution in [0.25, 0.3) is 65.3 Å². The molecule has 1 atom stereocenters. The molecule has 0 amide bonds. The molecule has 10 rings (SSSR count). The summed E-state index contributed by atoms with van der Waals surface area (Å²) in [6.07, 6.45) is 0.650. The van der Waals surface area contributed by atoms with Crippen molar-refractivity contribution in [1.82, 2.24) is 10.6 Å². The molecule has 0 aromatic heterocycles. The highest BCUT2D eigenvalue weighted by Crippen LogP contribution is 2.40. The molecular weight excluding hydrogens is 643 g/mol. The zero-order valence-corrected chi connectivity index (χ0v) is 29.2. The molecule has 252 valence electrons. The van der Waals surface area contributed by atoms with Crippen LogP contribution >= 0.6 is 0 Å². The molecule has 9 aromatic rings. The van der Waals surface area contributed by atoms with Crippen LogP contribution in [0.4, 0.5) is 0 Å². The summed E-state index contributed by atoms with van der Waals surface area (Å²) in [4.78, 5) is 0. The van der Waals surface area contributed by atoms with Crippen molar-refractivity contribution in [3.05, 3.63) is 204 Å². The van der Waals surface area contributed by atoms with Crippen molar-refractivity contribution in [2.45, 2.75) is 19.1 Å². The van der Waals surface area contributed by atoms with E-state index in [0.717, 1.165) is 23.1 Å². The van der Waals surface area contributed by atoms with Crippen LogP contribution in [-0.2, 0) is 13.0 Å². The summed E-state index contributed by atoms with van der Waals surface area (Å²) < 4.78 is 0. The van der Waals surface area contributed by atoms with E-state index >= 15 is 0 Å². The SMILES string of the molecule is N=C(NC(NCc1cccc2c1-c1ccccc1C2)c1ccc2c3ccccc3c3ccccc3c2c1)c1ccc(-c2ccc3ccccc3c2)cc1. The van der Waals surface area contributed by atoms with Gasteiger partial charge >= 0.3 is 0 Å². The van der Waals surface area contributed by atoms with Gasteiger partial charge in [0, 0.05) is 12.1 Å². The van der Waals surface area contributed by atoms with Crippen LogP contribution in [0.5, 0.6) is 0 Å². The first-order valence-corrected chi connectivity index (χ1v) is 18.4. The molecule has 1 aliphatic rings. The zero-order chi connectivity index (χ0) is 35.3. The van der Waals surface area contributed by atoms with Crippen LogP contribution in [0.1, 0.15) is 34.0 Å². The van der Waals surface area contributed by atoms with Gasteiger partial charge < -0.3 is 5.32 Å². The molecule has 0 saturated carbocycles. The first kappa shape index (κ1) is 31.2. The monoisotopic (exact) mass is 679 g/mol. The van der Waals surface area contributed by atoms with Crippen LogP contribution in [0, 0.1) is 5.41 Å². The molecule has 0 spiro atoms. The third-order valence-corrected chi connectivity index (χ3v) is 11.0. The molecule has 3 heteroatoms. The van der Waals surface area contributed by atoms with Crippen molar-refractivity contribution < 1.29 is 0 Å². The fraction of sp³-hybridized carbons (Fsp3) is 0.0600. The number of hydrogen-bond acceptors (Lipinski definition) is 2. The van der Waals surface area contributed by atoms with Gasteiger partial charge in [0.2, 0.25) is 0 Å². The van der Waals surface area contributed by atoms with Crippen molar-refractivity contribution in [1.29, 1.82) is 5.41 Å². The molecule has 3 N–H and O–H groups in total. The summed E-state index contributed by atoms with van der Waals surface area (Å²) in [7, 11) is 0. The van der Waals surface area contributed by atoms with Gasteiger partial charge in [0.25, 0.3) is 0 Å². The van der Waals surface area contributed by atoms with Gasteiger partial charge in [-0.1, -0.05) is 164 Å². The van der Waals surface area contributed by atoms with E-state index in [1.807, 2.05) is 0 Å². The van der Waals surface area contributed by atoms with E-state index in [0.29, 0.717) is 12.4 Å². The van der Waals surface area contributed by atoms with Gasteiger partial charge in [-0.05, 0) is 106 Å². The maximum atomic E-state index is 9.35. The maximum Gasteiger partial charge on any atom is 0.126 e. The molecule has 9 aromatic carbocycles. The molecule has 0 fully saturated rings. The number of fused-ring (bicyclic) bond motifs is 10. The molecule has 3 nitrogen and oxygen atoms in total. The van der Waals surface area contributed by atoms with Gasteiger partial charge in [-0.2, -0.15) is 0 Å². The van der Waals surface area contributed by atoms with Crippen molar-refractivity contribution in [3.63, 3.8) is 0 Å². The highest BCUT2D eigenvalue weighted by atomic mass is 15.1. The fourth-order valence-electron chi connectivity index (χ4n) is 8.41. The Hall–Kier alpha value is -6.55. The Labute approximate surface area is 309 Å². The molecule has 1 unspecified atom stereocenters. The van der Waals surface area contributed by atoms with E-state index in [4.69, 9.17) is 0 Å². The summed E-state index contributed by atoms with van der Waals surface area (Å²) in [5, 5.41) is 26.7. The Bertz CT molecular complexity index is 2830. The largest absolute Gasteiger partial charge is 0.351 e. The standard InChI is InChI=1S/C50H37N3/c51-49(34-23-20-33(21-24-34)36-25-22-32-10-1-2-11-35(32)28-36)53-50(52-31-40-14-9-13-38-29-37-12-3-4-15-41(37)48(38)40)39-26-27-46-44-18-6-5-16-42(44)43-17-7-8-19-45(43)47(46)30-39/h1-28,30,50,52H,29,31H2,(H2,51,53). The van der Waals surface area contributed by atoms with E-state index in [1.165, 1.54) is 76.5 Å². The average Bonchev–Trinajstić information content (AvgIpc) is 3.61. The molecule has 1 aliphatic carbocycles. The van der Waals surface area contributed by atoms with E-state index in [9.17, 15) is 5.41 Å². The van der Waals surface area contributed by atoms with Gasteiger partial charge in [0.1, 0.15) is 12.0 Å². The Morgan fingerprint density at radius 2 is 1.13 bits per heavy atom. The smallest absolute Gasteiger partial charge is 0.126 e. The van der Waals surface area contributed by atoms with Crippen LogP contribution < -0.4 is 10.6 Å². The molecule has 0 aliphatic heterocycles. The lowest BCUT2D eigenvalue weighted by Crippen LogP contribution is -2.38. The third kappa shape index (κ3) is 5.54. The second-order valence-corrected chi connectivity index (χ2v) is 14.2. The van der Waals surface area contributed by atoms with Crippen LogP contribution in [0.3, 0.4) is 0 Å². The van der Waals surface area contributed by atoms with E-state index < -0.39 is 0 Å². The highest BCUT2D eigenvalue weighted by molar-refractivity contribution is 6.25. The zero-order valence-electron chi connectivity index (χ0n) is 29.2. The van der Waals surface area contributed by atoms with Gasteiger partial charge in [-0.15, -0.1) is 0 Å². The van der Waals surface area contributed by atoms with Crippen LogP contribution in [0.2, 0.25) is 0 Å². The lowest BCUT2D eigenvalue weighted by molar-refractivity contribution is 0.505. The lowest BCUT2D eigenvalue weighted by atomic mass is 9.93. The van der Waals surface area contributed by atoms with E-state index in [1.54, 1.807) is 0 Å². The Morgan fingerprint density at radius 1 is 0.509 bits per heavy atom. The van der Waals surface area contributed by atoms with Crippen molar-refractivity contribution in [3.8, 4) is 22.3 Å². The van der Waals surface area contributed by atoms with E-state index in [2.05, 4.69) is 187 Å². The average molecular weight is 680 g/mol. The summed E-state index contributed by atoms with van der Waals surface area (Å²) in [6, 6.07) is 63.0. The van der Waals surface area contributed by atoms with Gasteiger partial charge in [-0.25, -0.2) is 0 Å². The Morgan fingerprint density at radius 3 is 1.91 bits per heavy atom. The van der Waals surface area contributed by atoms with Gasteiger partial charge in [0.05, 0.1) is 0 Å².